The van der Waals surface area contributed by atoms with E-state index in [1.54, 1.807) is 7.11 Å². The predicted octanol–water partition coefficient (Wildman–Crippen LogP) is 2.93. The van der Waals surface area contributed by atoms with Crippen LogP contribution >= 0.6 is 0 Å². The number of methoxy groups -OCH3 is 1. The van der Waals surface area contributed by atoms with E-state index in [0.717, 1.165) is 18.7 Å². The van der Waals surface area contributed by atoms with E-state index in [-0.39, 0.29) is 11.8 Å². The highest BCUT2D eigenvalue weighted by Gasteiger charge is 2.41. The molecule has 2 aliphatic heterocycles. The van der Waals surface area contributed by atoms with Crippen molar-refractivity contribution in [3.05, 3.63) is 71.4 Å². The molecule has 0 saturated carbocycles. The first-order valence-corrected chi connectivity index (χ1v) is 10.8. The number of amides is 2. The van der Waals surface area contributed by atoms with Crippen LogP contribution in [0.1, 0.15) is 17.5 Å². The fraction of sp³-hybridized carbons (Fsp3) is 0.360. The van der Waals surface area contributed by atoms with Crippen LogP contribution in [0.2, 0.25) is 0 Å². The Kier molecular flexibility index (Phi) is 6.37. The van der Waals surface area contributed by atoms with Crippen LogP contribution in [0.5, 0.6) is 0 Å². The maximum atomic E-state index is 13.3. The van der Waals surface area contributed by atoms with E-state index in [2.05, 4.69) is 41.0 Å². The lowest BCUT2D eigenvalue weighted by Crippen LogP contribution is -2.47. The van der Waals surface area contributed by atoms with E-state index in [0.29, 0.717) is 43.9 Å². The Hall–Kier alpha value is -3.12. The van der Waals surface area contributed by atoms with Gasteiger partial charge >= 0.3 is 0 Å². The molecule has 2 aliphatic rings. The van der Waals surface area contributed by atoms with Crippen LogP contribution in [0, 0.1) is 6.92 Å². The molecule has 6 heteroatoms. The minimum absolute atomic E-state index is 0.191. The van der Waals surface area contributed by atoms with Crippen LogP contribution in [0.3, 0.4) is 0 Å². The Morgan fingerprint density at radius 2 is 1.58 bits per heavy atom. The van der Waals surface area contributed by atoms with Crippen LogP contribution < -0.4 is 4.90 Å². The number of hydrogen-bond acceptors (Lipinski definition) is 5. The molecule has 6 nitrogen and oxygen atoms in total. The lowest BCUT2D eigenvalue weighted by molar-refractivity contribution is -0.137. The van der Waals surface area contributed by atoms with Gasteiger partial charge in [-0.1, -0.05) is 42.5 Å². The minimum atomic E-state index is -0.205. The van der Waals surface area contributed by atoms with Gasteiger partial charge in [0.2, 0.25) is 0 Å². The van der Waals surface area contributed by atoms with Crippen molar-refractivity contribution in [3.8, 4) is 0 Å². The van der Waals surface area contributed by atoms with Crippen molar-refractivity contribution in [2.24, 2.45) is 0 Å². The zero-order chi connectivity index (χ0) is 21.8. The van der Waals surface area contributed by atoms with Gasteiger partial charge in [-0.15, -0.1) is 0 Å². The average Bonchev–Trinajstić information content (AvgIpc) is 3.04. The third-order valence-corrected chi connectivity index (χ3v) is 5.90. The Labute approximate surface area is 183 Å². The smallest absolute Gasteiger partial charge is 0.277 e. The summed E-state index contributed by atoms with van der Waals surface area (Å²) in [5, 5.41) is 0. The quantitative estimate of drug-likeness (QED) is 0.510. The number of hydrogen-bond donors (Lipinski definition) is 0. The van der Waals surface area contributed by atoms with Crippen LogP contribution in [-0.2, 0) is 14.3 Å². The summed E-state index contributed by atoms with van der Waals surface area (Å²) < 4.78 is 5.11. The summed E-state index contributed by atoms with van der Waals surface area (Å²) in [5.41, 5.74) is 4.29. The molecule has 2 amide bonds. The van der Waals surface area contributed by atoms with Crippen LogP contribution in [0.4, 0.5) is 5.69 Å². The lowest BCUT2D eigenvalue weighted by atomic mass is 10.0. The zero-order valence-corrected chi connectivity index (χ0v) is 18.2. The molecule has 1 saturated heterocycles. The maximum absolute atomic E-state index is 13.3. The molecule has 4 rings (SSSR count). The van der Waals surface area contributed by atoms with Gasteiger partial charge in [0, 0.05) is 52.1 Å². The number of rotatable bonds is 7. The van der Waals surface area contributed by atoms with Gasteiger partial charge in [-0.25, -0.2) is 0 Å². The van der Waals surface area contributed by atoms with Crippen LogP contribution in [0.25, 0.3) is 5.57 Å². The van der Waals surface area contributed by atoms with Gasteiger partial charge in [0.15, 0.2) is 0 Å². The van der Waals surface area contributed by atoms with Crippen molar-refractivity contribution in [2.45, 2.75) is 13.3 Å². The van der Waals surface area contributed by atoms with Crippen molar-refractivity contribution in [1.82, 2.24) is 9.80 Å². The number of piperazine rings is 1. The fourth-order valence-corrected chi connectivity index (χ4v) is 4.30. The summed E-state index contributed by atoms with van der Waals surface area (Å²) >= 11 is 0. The number of carbonyl (C=O) groups is 2. The highest BCUT2D eigenvalue weighted by molar-refractivity contribution is 6.35. The molecule has 0 unspecified atom stereocenters. The van der Waals surface area contributed by atoms with Crippen LogP contribution in [-0.4, -0.2) is 68.1 Å². The van der Waals surface area contributed by atoms with Gasteiger partial charge < -0.3 is 14.5 Å². The molecule has 0 radical (unpaired) electrons. The van der Waals surface area contributed by atoms with Crippen molar-refractivity contribution < 1.29 is 14.3 Å². The summed E-state index contributed by atoms with van der Waals surface area (Å²) in [7, 11) is 1.63. The second kappa shape index (κ2) is 9.35. The van der Waals surface area contributed by atoms with Gasteiger partial charge in [-0.3, -0.25) is 14.5 Å². The number of carbonyl (C=O) groups excluding carboxylic acids is 2. The number of benzene rings is 2. The summed E-state index contributed by atoms with van der Waals surface area (Å²) in [6.07, 6.45) is 0.629. The molecule has 2 heterocycles. The van der Waals surface area contributed by atoms with Crippen molar-refractivity contribution in [2.75, 3.05) is 51.3 Å². The van der Waals surface area contributed by atoms with E-state index in [9.17, 15) is 9.59 Å². The van der Waals surface area contributed by atoms with Gasteiger partial charge in [-0.2, -0.15) is 0 Å². The van der Waals surface area contributed by atoms with Gasteiger partial charge in [-0.05, 0) is 36.6 Å². The Balaban J connectivity index is 1.58. The normalized spacial score (nSPS) is 17.2. The number of imide groups is 1. The van der Waals surface area contributed by atoms with E-state index in [1.807, 2.05) is 30.3 Å². The molecule has 0 N–H and O–H groups in total. The molecule has 2 aromatic carbocycles. The second-order valence-electron chi connectivity index (χ2n) is 8.01. The molecular weight excluding hydrogens is 390 g/mol. The number of ether oxygens (including phenoxy) is 1. The maximum Gasteiger partial charge on any atom is 0.277 e. The number of anilines is 1. The Bertz CT molecular complexity index is 979. The molecule has 2 aromatic rings. The third-order valence-electron chi connectivity index (χ3n) is 5.90. The summed E-state index contributed by atoms with van der Waals surface area (Å²) in [5.74, 6) is -0.396. The topological polar surface area (TPSA) is 53.1 Å². The standard InChI is InChI=1S/C25H29N3O3/c1-19-8-6-11-21(18-19)26-13-15-27(16-14-26)23-22(20-9-4-3-5-10-20)24(29)28(25(23)30)12-7-17-31-2/h3-6,8-11,18H,7,12-17H2,1-2H3. The third kappa shape index (κ3) is 4.35. The van der Waals surface area contributed by atoms with E-state index in [1.165, 1.54) is 16.2 Å². The van der Waals surface area contributed by atoms with Crippen molar-refractivity contribution in [3.63, 3.8) is 0 Å². The highest BCUT2D eigenvalue weighted by Crippen LogP contribution is 2.32. The number of nitrogens with zero attached hydrogens (tertiary/aromatic N) is 3. The van der Waals surface area contributed by atoms with Gasteiger partial charge in [0.1, 0.15) is 5.70 Å². The van der Waals surface area contributed by atoms with Gasteiger partial charge in [0.05, 0.1) is 5.57 Å². The molecule has 162 valence electrons. The molecule has 0 atom stereocenters. The molecule has 0 bridgehead atoms. The highest BCUT2D eigenvalue weighted by atomic mass is 16.5. The molecule has 0 aliphatic carbocycles. The van der Waals surface area contributed by atoms with Crippen LogP contribution in [0.15, 0.2) is 60.3 Å². The summed E-state index contributed by atoms with van der Waals surface area (Å²) in [6.45, 7) is 5.99. The Morgan fingerprint density at radius 3 is 2.26 bits per heavy atom. The van der Waals surface area contributed by atoms with E-state index < -0.39 is 0 Å². The summed E-state index contributed by atoms with van der Waals surface area (Å²) in [6, 6.07) is 18.0. The zero-order valence-electron chi connectivity index (χ0n) is 18.2. The molecule has 1 fully saturated rings. The monoisotopic (exact) mass is 419 g/mol. The molecular formula is C25H29N3O3. The minimum Gasteiger partial charge on any atom is -0.385 e. The van der Waals surface area contributed by atoms with Crippen molar-refractivity contribution >= 4 is 23.1 Å². The van der Waals surface area contributed by atoms with Crippen molar-refractivity contribution in [1.29, 1.82) is 0 Å². The largest absolute Gasteiger partial charge is 0.385 e. The molecule has 31 heavy (non-hydrogen) atoms. The molecule has 0 spiro atoms. The molecule has 0 aromatic heterocycles. The first-order chi connectivity index (χ1) is 15.1. The van der Waals surface area contributed by atoms with E-state index >= 15 is 0 Å². The second-order valence-corrected chi connectivity index (χ2v) is 8.01. The first-order valence-electron chi connectivity index (χ1n) is 10.8. The summed E-state index contributed by atoms with van der Waals surface area (Å²) in [4.78, 5) is 32.4. The average molecular weight is 420 g/mol. The SMILES string of the molecule is COCCCN1C(=O)C(c2ccccc2)=C(N2CCN(c3cccc(C)c3)CC2)C1=O. The lowest BCUT2D eigenvalue weighted by Gasteiger charge is -2.37. The first kappa shape index (κ1) is 21.1. The van der Waals surface area contributed by atoms with Gasteiger partial charge in [0.25, 0.3) is 11.8 Å². The van der Waals surface area contributed by atoms with E-state index in [4.69, 9.17) is 4.74 Å². The predicted molar refractivity (Wildman–Crippen MR) is 122 cm³/mol. The number of aryl methyl sites for hydroxylation is 1. The Morgan fingerprint density at radius 1 is 0.871 bits per heavy atom. The fourth-order valence-electron chi connectivity index (χ4n) is 4.30.